The zero-order valence-corrected chi connectivity index (χ0v) is 11.6. The van der Waals surface area contributed by atoms with Crippen molar-refractivity contribution in [3.8, 4) is 0 Å². The third kappa shape index (κ3) is 3.11. The number of para-hydroxylation sites is 1. The van der Waals surface area contributed by atoms with Gasteiger partial charge in [-0.15, -0.1) is 10.2 Å². The molecule has 0 unspecified atom stereocenters. The number of hydrogen-bond acceptors (Lipinski definition) is 6. The first-order valence-corrected chi connectivity index (χ1v) is 6.45. The van der Waals surface area contributed by atoms with E-state index in [0.29, 0.717) is 16.0 Å². The highest BCUT2D eigenvalue weighted by Crippen LogP contribution is 2.34. The van der Waals surface area contributed by atoms with Crippen LogP contribution in [0.15, 0.2) is 38.8 Å². The van der Waals surface area contributed by atoms with Crippen molar-refractivity contribution in [1.82, 2.24) is 10.2 Å². The van der Waals surface area contributed by atoms with Gasteiger partial charge in [-0.2, -0.15) is 0 Å². The number of nitro groups is 1. The summed E-state index contributed by atoms with van der Waals surface area (Å²) in [4.78, 5) is 11.0. The van der Waals surface area contributed by atoms with Crippen LogP contribution in [0, 0.1) is 10.1 Å². The lowest BCUT2D eigenvalue weighted by Gasteiger charge is -2.10. The van der Waals surface area contributed by atoms with E-state index < -0.39 is 4.92 Å². The average Bonchev–Trinajstić information content (AvgIpc) is 2.77. The van der Waals surface area contributed by atoms with Crippen LogP contribution < -0.4 is 0 Å². The second kappa shape index (κ2) is 5.00. The predicted octanol–water partition coefficient (Wildman–Crippen LogP) is 3.43. The number of hydrogen-bond donors (Lipinski definition) is 0. The Bertz CT molecular complexity index is 604. The number of nitro benzene ring substituents is 1. The summed E-state index contributed by atoms with van der Waals surface area (Å²) in [6, 6.07) is 6.46. The molecule has 0 aliphatic heterocycles. The van der Waals surface area contributed by atoms with E-state index in [0.717, 1.165) is 11.8 Å². The van der Waals surface area contributed by atoms with Crippen molar-refractivity contribution in [2.75, 3.05) is 0 Å². The molecule has 0 fully saturated rings. The lowest BCUT2D eigenvalue weighted by atomic mass is 9.97. The number of nitrogens with zero attached hydrogens (tertiary/aromatic N) is 3. The molecule has 0 bridgehead atoms. The van der Waals surface area contributed by atoms with Gasteiger partial charge in [0.25, 0.3) is 10.9 Å². The Hall–Kier alpha value is -1.89. The Balaban J connectivity index is 2.27. The molecule has 7 heteroatoms. The van der Waals surface area contributed by atoms with E-state index >= 15 is 0 Å². The Morgan fingerprint density at radius 2 is 1.95 bits per heavy atom. The molecule has 0 atom stereocenters. The van der Waals surface area contributed by atoms with Crippen molar-refractivity contribution in [3.63, 3.8) is 0 Å². The maximum absolute atomic E-state index is 10.9. The highest BCUT2D eigenvalue weighted by molar-refractivity contribution is 7.99. The molecule has 2 rings (SSSR count). The van der Waals surface area contributed by atoms with Gasteiger partial charge in [0.05, 0.1) is 9.82 Å². The molecule has 19 heavy (non-hydrogen) atoms. The molecule has 1 aromatic heterocycles. The maximum Gasteiger partial charge on any atom is 0.283 e. The quantitative estimate of drug-likeness (QED) is 0.632. The minimum absolute atomic E-state index is 0.0306. The lowest BCUT2D eigenvalue weighted by Crippen LogP contribution is -2.11. The van der Waals surface area contributed by atoms with Gasteiger partial charge >= 0.3 is 0 Å². The van der Waals surface area contributed by atoms with Gasteiger partial charge in [0.1, 0.15) is 0 Å². The van der Waals surface area contributed by atoms with Gasteiger partial charge in [0.15, 0.2) is 0 Å². The van der Waals surface area contributed by atoms with Crippen LogP contribution in [0.4, 0.5) is 5.69 Å². The van der Waals surface area contributed by atoms with Crippen molar-refractivity contribution >= 4 is 17.4 Å². The summed E-state index contributed by atoms with van der Waals surface area (Å²) in [5.41, 5.74) is -0.211. The third-order valence-electron chi connectivity index (χ3n) is 2.31. The summed E-state index contributed by atoms with van der Waals surface area (Å²) in [6.07, 6.45) is 0. The molecule has 0 aliphatic rings. The smallest absolute Gasteiger partial charge is 0.283 e. The molecule has 1 heterocycles. The Morgan fingerprint density at radius 3 is 2.53 bits per heavy atom. The summed E-state index contributed by atoms with van der Waals surface area (Å²) in [7, 11) is 0. The predicted molar refractivity (Wildman–Crippen MR) is 70.2 cm³/mol. The van der Waals surface area contributed by atoms with E-state index in [1.165, 1.54) is 6.07 Å². The van der Waals surface area contributed by atoms with Crippen LogP contribution in [0.25, 0.3) is 0 Å². The molecule has 0 N–H and O–H groups in total. The van der Waals surface area contributed by atoms with Gasteiger partial charge < -0.3 is 4.42 Å². The standard InChI is InChI=1S/C12H13N3O3S/c1-12(2,3)10-13-14-11(18-10)19-9-7-5-4-6-8(9)15(16)17/h4-7H,1-3H3. The molecule has 0 saturated heterocycles. The van der Waals surface area contributed by atoms with Crippen molar-refractivity contribution in [1.29, 1.82) is 0 Å². The SMILES string of the molecule is CC(C)(C)c1nnc(Sc2ccccc2[N+](=O)[O-])o1. The van der Waals surface area contributed by atoms with Crippen LogP contribution in [0.1, 0.15) is 26.7 Å². The summed E-state index contributed by atoms with van der Waals surface area (Å²) in [5, 5.41) is 19.1. The summed E-state index contributed by atoms with van der Waals surface area (Å²) in [5.74, 6) is 0.508. The molecular formula is C12H13N3O3S. The van der Waals surface area contributed by atoms with E-state index in [1.54, 1.807) is 18.2 Å². The number of aromatic nitrogens is 2. The van der Waals surface area contributed by atoms with E-state index in [-0.39, 0.29) is 11.1 Å². The fraction of sp³-hybridized carbons (Fsp3) is 0.333. The Labute approximate surface area is 114 Å². The lowest BCUT2D eigenvalue weighted by molar-refractivity contribution is -0.387. The highest BCUT2D eigenvalue weighted by atomic mass is 32.2. The minimum atomic E-state index is -0.427. The van der Waals surface area contributed by atoms with Crippen LogP contribution in [-0.4, -0.2) is 15.1 Å². The van der Waals surface area contributed by atoms with E-state index in [2.05, 4.69) is 10.2 Å². The molecule has 0 radical (unpaired) electrons. The van der Waals surface area contributed by atoms with Crippen LogP contribution in [-0.2, 0) is 5.41 Å². The monoisotopic (exact) mass is 279 g/mol. The first-order valence-electron chi connectivity index (χ1n) is 5.63. The molecule has 0 spiro atoms. The van der Waals surface area contributed by atoms with Crippen molar-refractivity contribution in [2.24, 2.45) is 0 Å². The van der Waals surface area contributed by atoms with Crippen LogP contribution in [0.2, 0.25) is 0 Å². The van der Waals surface area contributed by atoms with Crippen molar-refractivity contribution < 1.29 is 9.34 Å². The first kappa shape index (κ1) is 13.5. The van der Waals surface area contributed by atoms with E-state index in [1.807, 2.05) is 20.8 Å². The third-order valence-corrected chi connectivity index (χ3v) is 3.21. The maximum atomic E-state index is 10.9. The zero-order valence-electron chi connectivity index (χ0n) is 10.8. The van der Waals surface area contributed by atoms with Crippen LogP contribution in [0.3, 0.4) is 0 Å². The topological polar surface area (TPSA) is 82.1 Å². The molecule has 0 saturated carbocycles. The first-order chi connectivity index (χ1) is 8.88. The fourth-order valence-corrected chi connectivity index (χ4v) is 2.13. The minimum Gasteiger partial charge on any atom is -0.415 e. The van der Waals surface area contributed by atoms with E-state index in [4.69, 9.17) is 4.42 Å². The molecule has 100 valence electrons. The van der Waals surface area contributed by atoms with Crippen LogP contribution in [0.5, 0.6) is 0 Å². The average molecular weight is 279 g/mol. The number of rotatable bonds is 3. The van der Waals surface area contributed by atoms with Gasteiger partial charge in [0, 0.05) is 11.5 Å². The second-order valence-electron chi connectivity index (χ2n) is 4.95. The zero-order chi connectivity index (χ0) is 14.0. The highest BCUT2D eigenvalue weighted by Gasteiger charge is 2.23. The van der Waals surface area contributed by atoms with E-state index in [9.17, 15) is 10.1 Å². The van der Waals surface area contributed by atoms with Gasteiger partial charge in [-0.25, -0.2) is 0 Å². The molecule has 2 aromatic rings. The molecule has 0 aliphatic carbocycles. The Kier molecular flexibility index (Phi) is 3.57. The Morgan fingerprint density at radius 1 is 1.26 bits per heavy atom. The molecule has 1 aromatic carbocycles. The summed E-state index contributed by atoms with van der Waals surface area (Å²) < 4.78 is 5.50. The fourth-order valence-electron chi connectivity index (χ4n) is 1.34. The number of benzene rings is 1. The summed E-state index contributed by atoms with van der Waals surface area (Å²) in [6.45, 7) is 5.87. The molecule has 0 amide bonds. The van der Waals surface area contributed by atoms with Crippen molar-refractivity contribution in [3.05, 3.63) is 40.3 Å². The van der Waals surface area contributed by atoms with Gasteiger partial charge in [-0.1, -0.05) is 32.9 Å². The molecule has 6 nitrogen and oxygen atoms in total. The molecular weight excluding hydrogens is 266 g/mol. The largest absolute Gasteiger partial charge is 0.415 e. The van der Waals surface area contributed by atoms with Gasteiger partial charge in [-0.3, -0.25) is 10.1 Å². The van der Waals surface area contributed by atoms with Crippen LogP contribution >= 0.6 is 11.8 Å². The normalized spacial score (nSPS) is 11.5. The second-order valence-corrected chi connectivity index (χ2v) is 5.94. The van der Waals surface area contributed by atoms with Crippen molar-refractivity contribution in [2.45, 2.75) is 36.3 Å². The summed E-state index contributed by atoms with van der Waals surface area (Å²) >= 11 is 1.10. The van der Waals surface area contributed by atoms with Gasteiger partial charge in [-0.05, 0) is 17.8 Å². The van der Waals surface area contributed by atoms with Gasteiger partial charge in [0.2, 0.25) is 5.89 Å².